The van der Waals surface area contributed by atoms with Crippen molar-refractivity contribution < 1.29 is 54.0 Å². The van der Waals surface area contributed by atoms with Crippen LogP contribution in [0, 0.1) is 0 Å². The van der Waals surface area contributed by atoms with E-state index in [1.165, 1.54) is 19.1 Å². The van der Waals surface area contributed by atoms with Crippen molar-refractivity contribution in [2.75, 3.05) is 6.61 Å². The number of fused-ring (bicyclic) bond motifs is 1. The maximum absolute atomic E-state index is 11.4. The quantitative estimate of drug-likeness (QED) is 0.260. The highest BCUT2D eigenvalue weighted by Gasteiger charge is 2.47. The molecule has 3 heterocycles. The number of hydrogen-bond donors (Lipinski definition) is 6. The number of aliphatic hydroxyl groups is 6. The van der Waals surface area contributed by atoms with Gasteiger partial charge in [-0.3, -0.25) is 0 Å². The van der Waals surface area contributed by atoms with Crippen LogP contribution in [0.5, 0.6) is 5.75 Å². The molecule has 12 heteroatoms. The summed E-state index contributed by atoms with van der Waals surface area (Å²) in [6, 6.07) is 7.42. The molecule has 2 aliphatic heterocycles. The number of hydrogen-bond acceptors (Lipinski definition) is 12. The molecule has 0 saturated carbocycles. The predicted molar refractivity (Wildman–Crippen MR) is 108 cm³/mol. The molecule has 1 aromatic carbocycles. The molecule has 4 rings (SSSR count). The summed E-state index contributed by atoms with van der Waals surface area (Å²) in [5, 5.41) is 61.2. The van der Waals surface area contributed by atoms with E-state index in [0.29, 0.717) is 5.39 Å². The van der Waals surface area contributed by atoms with E-state index in [-0.39, 0.29) is 11.3 Å². The van der Waals surface area contributed by atoms with Gasteiger partial charge in [0, 0.05) is 17.5 Å². The molecule has 2 saturated heterocycles. The Bertz CT molecular complexity index is 1010. The molecular weight excluding hydrogens is 444 g/mol. The van der Waals surface area contributed by atoms with Gasteiger partial charge in [0.15, 0.2) is 6.29 Å². The van der Waals surface area contributed by atoms with Crippen LogP contribution in [-0.4, -0.2) is 98.7 Å². The Labute approximate surface area is 187 Å². The molecule has 10 unspecified atom stereocenters. The van der Waals surface area contributed by atoms with E-state index in [4.69, 9.17) is 23.4 Å². The molecule has 2 aromatic rings. The molecule has 0 amide bonds. The SMILES string of the molecule is CC1OC(OCC2OC(Oc3ccc4ccc(=O)oc4c3)C(O)C(O)C2O)C(O)C(O)C1O. The zero-order chi connectivity index (χ0) is 23.9. The first-order valence-electron chi connectivity index (χ1n) is 10.4. The average Bonchev–Trinajstić information content (AvgIpc) is 2.80. The summed E-state index contributed by atoms with van der Waals surface area (Å²) in [5.74, 6) is 0.168. The Kier molecular flexibility index (Phi) is 7.00. The fourth-order valence-corrected chi connectivity index (χ4v) is 3.74. The van der Waals surface area contributed by atoms with Crippen LogP contribution in [0.3, 0.4) is 0 Å². The fraction of sp³-hybridized carbons (Fsp3) is 0.571. The smallest absolute Gasteiger partial charge is 0.336 e. The molecular formula is C21H26O12. The van der Waals surface area contributed by atoms with E-state index >= 15 is 0 Å². The van der Waals surface area contributed by atoms with E-state index in [9.17, 15) is 35.4 Å². The van der Waals surface area contributed by atoms with Gasteiger partial charge in [-0.05, 0) is 25.1 Å². The standard InChI is InChI=1S/C21H26O12/c1-8-14(23)16(25)18(27)20(30-8)29-7-12-15(24)17(26)19(28)21(33-12)31-10-4-2-9-3-5-13(22)32-11(9)6-10/h2-6,8,12,14-21,23-28H,7H2,1H3. The van der Waals surface area contributed by atoms with E-state index in [1.54, 1.807) is 18.2 Å². The van der Waals surface area contributed by atoms with Crippen LogP contribution >= 0.6 is 0 Å². The van der Waals surface area contributed by atoms with Crippen LogP contribution in [0.1, 0.15) is 6.92 Å². The van der Waals surface area contributed by atoms with Gasteiger partial charge in [-0.1, -0.05) is 0 Å². The Morgan fingerprint density at radius 3 is 2.24 bits per heavy atom. The number of ether oxygens (including phenoxy) is 4. The molecule has 0 bridgehead atoms. The lowest BCUT2D eigenvalue weighted by Crippen LogP contribution is -2.61. The van der Waals surface area contributed by atoms with Crippen LogP contribution in [-0.2, 0) is 14.2 Å². The fourth-order valence-electron chi connectivity index (χ4n) is 3.74. The number of aliphatic hydroxyl groups excluding tert-OH is 6. The largest absolute Gasteiger partial charge is 0.462 e. The van der Waals surface area contributed by atoms with Gasteiger partial charge in [0.1, 0.15) is 54.1 Å². The second-order valence-electron chi connectivity index (χ2n) is 8.10. The highest BCUT2D eigenvalue weighted by Crippen LogP contribution is 2.28. The van der Waals surface area contributed by atoms with Crippen molar-refractivity contribution in [1.82, 2.24) is 0 Å². The maximum Gasteiger partial charge on any atom is 0.336 e. The maximum atomic E-state index is 11.4. The monoisotopic (exact) mass is 470 g/mol. The van der Waals surface area contributed by atoms with Gasteiger partial charge in [-0.2, -0.15) is 0 Å². The van der Waals surface area contributed by atoms with Crippen LogP contribution < -0.4 is 10.4 Å². The Balaban J connectivity index is 1.44. The van der Waals surface area contributed by atoms with E-state index in [0.717, 1.165) is 0 Å². The van der Waals surface area contributed by atoms with Crippen molar-refractivity contribution >= 4 is 11.0 Å². The zero-order valence-electron chi connectivity index (χ0n) is 17.5. The molecule has 0 spiro atoms. The third-order valence-electron chi connectivity index (χ3n) is 5.75. The molecule has 0 aliphatic carbocycles. The minimum atomic E-state index is -1.65. The highest BCUT2D eigenvalue weighted by molar-refractivity contribution is 5.77. The summed E-state index contributed by atoms with van der Waals surface area (Å²) in [5.41, 5.74) is -0.313. The minimum Gasteiger partial charge on any atom is -0.462 e. The lowest BCUT2D eigenvalue weighted by molar-refractivity contribution is -0.318. The number of rotatable bonds is 5. The highest BCUT2D eigenvalue weighted by atomic mass is 16.7. The first-order valence-corrected chi connectivity index (χ1v) is 10.4. The van der Waals surface area contributed by atoms with Gasteiger partial charge in [0.2, 0.25) is 6.29 Å². The average molecular weight is 470 g/mol. The zero-order valence-corrected chi connectivity index (χ0v) is 17.5. The van der Waals surface area contributed by atoms with E-state index < -0.39 is 73.6 Å². The summed E-state index contributed by atoms with van der Waals surface area (Å²) in [6.07, 6.45) is -14.0. The van der Waals surface area contributed by atoms with Crippen LogP contribution in [0.15, 0.2) is 39.5 Å². The lowest BCUT2D eigenvalue weighted by Gasteiger charge is -2.42. The third-order valence-corrected chi connectivity index (χ3v) is 5.75. The summed E-state index contributed by atoms with van der Waals surface area (Å²) < 4.78 is 27.0. The van der Waals surface area contributed by atoms with Crippen molar-refractivity contribution in [2.24, 2.45) is 0 Å². The van der Waals surface area contributed by atoms with Crippen molar-refractivity contribution in [3.63, 3.8) is 0 Å². The molecule has 0 radical (unpaired) electrons. The summed E-state index contributed by atoms with van der Waals surface area (Å²) in [7, 11) is 0. The minimum absolute atomic E-state index is 0.168. The Morgan fingerprint density at radius 1 is 0.818 bits per heavy atom. The summed E-state index contributed by atoms with van der Waals surface area (Å²) in [6.45, 7) is 1.08. The molecule has 6 N–H and O–H groups in total. The second kappa shape index (κ2) is 9.62. The topological polar surface area (TPSA) is 189 Å². The van der Waals surface area contributed by atoms with Gasteiger partial charge in [-0.25, -0.2) is 4.79 Å². The van der Waals surface area contributed by atoms with Crippen LogP contribution in [0.2, 0.25) is 0 Å². The van der Waals surface area contributed by atoms with Crippen molar-refractivity contribution in [2.45, 2.75) is 68.3 Å². The third kappa shape index (κ3) is 4.89. The van der Waals surface area contributed by atoms with E-state index in [1.807, 2.05) is 0 Å². The van der Waals surface area contributed by atoms with E-state index in [2.05, 4.69) is 0 Å². The van der Waals surface area contributed by atoms with Gasteiger partial charge in [-0.15, -0.1) is 0 Å². The van der Waals surface area contributed by atoms with Crippen molar-refractivity contribution in [3.8, 4) is 5.75 Å². The normalized spacial score (nSPS) is 39.5. The summed E-state index contributed by atoms with van der Waals surface area (Å²) in [4.78, 5) is 11.4. The Morgan fingerprint density at radius 2 is 1.48 bits per heavy atom. The first-order chi connectivity index (χ1) is 15.7. The predicted octanol–water partition coefficient (Wildman–Crippen LogP) is -2.18. The van der Waals surface area contributed by atoms with Gasteiger partial charge < -0.3 is 54.0 Å². The van der Waals surface area contributed by atoms with Crippen molar-refractivity contribution in [3.05, 3.63) is 40.8 Å². The van der Waals surface area contributed by atoms with Crippen LogP contribution in [0.4, 0.5) is 0 Å². The number of benzene rings is 1. The molecule has 1 aromatic heterocycles. The molecule has 33 heavy (non-hydrogen) atoms. The Hall–Kier alpha value is -2.13. The molecule has 2 aliphatic rings. The molecule has 10 atom stereocenters. The second-order valence-corrected chi connectivity index (χ2v) is 8.10. The van der Waals surface area contributed by atoms with Gasteiger partial charge in [0.05, 0.1) is 12.7 Å². The van der Waals surface area contributed by atoms with Crippen molar-refractivity contribution in [1.29, 1.82) is 0 Å². The first kappa shape index (κ1) is 24.0. The van der Waals surface area contributed by atoms with Gasteiger partial charge in [0.25, 0.3) is 0 Å². The summed E-state index contributed by atoms with van der Waals surface area (Å²) >= 11 is 0. The lowest BCUT2D eigenvalue weighted by atomic mass is 9.98. The molecule has 182 valence electrons. The molecule has 12 nitrogen and oxygen atoms in total. The van der Waals surface area contributed by atoms with Crippen LogP contribution in [0.25, 0.3) is 11.0 Å². The van der Waals surface area contributed by atoms with Gasteiger partial charge >= 0.3 is 5.63 Å². The molecule has 2 fully saturated rings.